The molecule has 0 aliphatic rings. The highest BCUT2D eigenvalue weighted by Gasteiger charge is 2.43. The van der Waals surface area contributed by atoms with Crippen LogP contribution in [0.5, 0.6) is 0 Å². The van der Waals surface area contributed by atoms with Gasteiger partial charge in [0.1, 0.15) is 0 Å². The van der Waals surface area contributed by atoms with Gasteiger partial charge in [0.25, 0.3) is 0 Å². The van der Waals surface area contributed by atoms with Gasteiger partial charge >= 0.3 is 0 Å². The Morgan fingerprint density at radius 2 is 0.960 bits per heavy atom. The van der Waals surface area contributed by atoms with Gasteiger partial charge in [-0.2, -0.15) is 0 Å². The predicted octanol–water partition coefficient (Wildman–Crippen LogP) is 8.56. The molecule has 0 aliphatic heterocycles. The topological polar surface area (TPSA) is 0 Å². The zero-order valence-corrected chi connectivity index (χ0v) is 20.1. The molecule has 0 nitrogen and oxygen atoms in total. The first-order valence-corrected chi connectivity index (χ1v) is 11.4. The molecule has 0 aromatic heterocycles. The Hall–Kier alpha value is 0. The maximum Gasteiger partial charge on any atom is -0.0272 e. The maximum absolute atomic E-state index is 2.59. The van der Waals surface area contributed by atoms with Gasteiger partial charge < -0.3 is 0 Å². The average molecular weight is 353 g/mol. The van der Waals surface area contributed by atoms with Gasteiger partial charge in [0.15, 0.2) is 0 Å². The Bertz CT molecular complexity index is 357. The van der Waals surface area contributed by atoms with Gasteiger partial charge in [-0.1, -0.05) is 103 Å². The van der Waals surface area contributed by atoms with Crippen molar-refractivity contribution in [1.29, 1.82) is 0 Å². The first kappa shape index (κ1) is 25.0. The molecule has 0 fully saturated rings. The molecule has 0 saturated carbocycles. The first-order chi connectivity index (χ1) is 11.4. The van der Waals surface area contributed by atoms with E-state index in [1.807, 2.05) is 0 Å². The Morgan fingerprint density at radius 3 is 1.28 bits per heavy atom. The minimum absolute atomic E-state index is 0.422. The van der Waals surface area contributed by atoms with Crippen molar-refractivity contribution in [2.45, 2.75) is 103 Å². The van der Waals surface area contributed by atoms with E-state index in [2.05, 4.69) is 90.0 Å². The molecule has 0 aromatic carbocycles. The Morgan fingerprint density at radius 1 is 0.560 bits per heavy atom. The molecular weight excluding hydrogens is 300 g/mol. The van der Waals surface area contributed by atoms with Crippen LogP contribution < -0.4 is 0 Å². The van der Waals surface area contributed by atoms with E-state index < -0.39 is 0 Å². The van der Waals surface area contributed by atoms with Crippen LogP contribution in [0.15, 0.2) is 0 Å². The molecule has 152 valence electrons. The maximum atomic E-state index is 2.59. The summed E-state index contributed by atoms with van der Waals surface area (Å²) in [5.74, 6) is 7.07. The van der Waals surface area contributed by atoms with Crippen LogP contribution in [0.1, 0.15) is 103 Å². The van der Waals surface area contributed by atoms with Crippen LogP contribution in [0, 0.1) is 58.7 Å². The van der Waals surface area contributed by atoms with Crippen LogP contribution in [0.4, 0.5) is 0 Å². The lowest BCUT2D eigenvalue weighted by Crippen LogP contribution is -2.42. The molecule has 0 heteroatoms. The number of hydrogen-bond acceptors (Lipinski definition) is 0. The van der Waals surface area contributed by atoms with Crippen molar-refractivity contribution < 1.29 is 0 Å². The largest absolute Gasteiger partial charge is 0.0651 e. The lowest BCUT2D eigenvalue weighted by Gasteiger charge is -2.49. The minimum Gasteiger partial charge on any atom is -0.0651 e. The van der Waals surface area contributed by atoms with Crippen molar-refractivity contribution in [3.63, 3.8) is 0 Å². The molecule has 0 bridgehead atoms. The smallest absolute Gasteiger partial charge is 0.0272 e. The minimum atomic E-state index is 0.422. The highest BCUT2D eigenvalue weighted by Crippen LogP contribution is 2.50. The van der Waals surface area contributed by atoms with Gasteiger partial charge in [-0.05, 0) is 58.7 Å². The van der Waals surface area contributed by atoms with Gasteiger partial charge in [0, 0.05) is 0 Å². The fourth-order valence-electron chi connectivity index (χ4n) is 5.15. The van der Waals surface area contributed by atoms with Crippen LogP contribution in [0.2, 0.25) is 0 Å². The lowest BCUT2D eigenvalue weighted by atomic mass is 9.56. The second kappa shape index (κ2) is 10.4. The van der Waals surface area contributed by atoms with Crippen LogP contribution in [-0.2, 0) is 0 Å². The zero-order chi connectivity index (χ0) is 20.1. The average Bonchev–Trinajstić information content (AvgIpc) is 2.61. The monoisotopic (exact) mass is 352 g/mol. The van der Waals surface area contributed by atoms with Gasteiger partial charge in [-0.25, -0.2) is 0 Å². The summed E-state index contributed by atoms with van der Waals surface area (Å²) in [5.41, 5.74) is 0.422. The van der Waals surface area contributed by atoms with Crippen LogP contribution in [0.25, 0.3) is 0 Å². The van der Waals surface area contributed by atoms with Crippen molar-refractivity contribution in [2.24, 2.45) is 58.7 Å². The third-order valence-corrected chi connectivity index (χ3v) is 9.50. The van der Waals surface area contributed by atoms with Crippen molar-refractivity contribution in [3.05, 3.63) is 0 Å². The molecular formula is C25H52. The van der Waals surface area contributed by atoms with E-state index in [1.54, 1.807) is 0 Å². The zero-order valence-electron chi connectivity index (χ0n) is 20.1. The van der Waals surface area contributed by atoms with Crippen LogP contribution >= 0.6 is 0 Å². The highest BCUT2D eigenvalue weighted by molar-refractivity contribution is 4.91. The molecule has 0 saturated heterocycles. The summed E-state index contributed by atoms with van der Waals surface area (Å²) in [6.45, 7) is 32.2. The van der Waals surface area contributed by atoms with E-state index in [0.717, 1.165) is 53.3 Å². The van der Waals surface area contributed by atoms with E-state index >= 15 is 0 Å². The summed E-state index contributed by atoms with van der Waals surface area (Å²) < 4.78 is 0. The van der Waals surface area contributed by atoms with Gasteiger partial charge in [-0.3, -0.25) is 0 Å². The molecule has 9 atom stereocenters. The van der Waals surface area contributed by atoms with Gasteiger partial charge in [0.2, 0.25) is 0 Å². The third kappa shape index (κ3) is 5.74. The molecule has 0 spiro atoms. The number of hydrogen-bond donors (Lipinski definition) is 0. The molecule has 0 N–H and O–H groups in total. The SMILES string of the molecule is CCC(C)C(C)C(C)C(C)C(C)(CC)C(C)C(C)C(C)C(C)C(C)C. The van der Waals surface area contributed by atoms with E-state index in [0.29, 0.717) is 5.41 Å². The molecule has 0 aromatic rings. The summed E-state index contributed by atoms with van der Waals surface area (Å²) in [6, 6.07) is 0. The van der Waals surface area contributed by atoms with Gasteiger partial charge in [0.05, 0.1) is 0 Å². The van der Waals surface area contributed by atoms with E-state index in [4.69, 9.17) is 0 Å². The second-order valence-corrected chi connectivity index (χ2v) is 10.4. The Balaban J connectivity index is 5.41. The molecule has 0 aliphatic carbocycles. The lowest BCUT2D eigenvalue weighted by molar-refractivity contribution is -0.00428. The summed E-state index contributed by atoms with van der Waals surface area (Å²) in [5, 5.41) is 0. The van der Waals surface area contributed by atoms with Crippen molar-refractivity contribution in [1.82, 2.24) is 0 Å². The van der Waals surface area contributed by atoms with Gasteiger partial charge in [-0.15, -0.1) is 0 Å². The summed E-state index contributed by atoms with van der Waals surface area (Å²) in [6.07, 6.45) is 2.59. The normalized spacial score (nSPS) is 24.7. The second-order valence-electron chi connectivity index (χ2n) is 10.4. The summed E-state index contributed by atoms with van der Waals surface area (Å²) in [7, 11) is 0. The summed E-state index contributed by atoms with van der Waals surface area (Å²) in [4.78, 5) is 0. The fraction of sp³-hybridized carbons (Fsp3) is 1.00. The van der Waals surface area contributed by atoms with Crippen molar-refractivity contribution in [2.75, 3.05) is 0 Å². The van der Waals surface area contributed by atoms with Crippen molar-refractivity contribution >= 4 is 0 Å². The van der Waals surface area contributed by atoms with Crippen LogP contribution in [0.3, 0.4) is 0 Å². The molecule has 25 heavy (non-hydrogen) atoms. The Kier molecular flexibility index (Phi) is 10.4. The highest BCUT2D eigenvalue weighted by atomic mass is 14.5. The molecule has 0 rings (SSSR count). The first-order valence-electron chi connectivity index (χ1n) is 11.4. The van der Waals surface area contributed by atoms with Crippen molar-refractivity contribution in [3.8, 4) is 0 Å². The molecule has 0 radical (unpaired) electrons. The number of rotatable bonds is 11. The summed E-state index contributed by atoms with van der Waals surface area (Å²) >= 11 is 0. The van der Waals surface area contributed by atoms with E-state index in [9.17, 15) is 0 Å². The quantitative estimate of drug-likeness (QED) is 0.349. The fourth-order valence-corrected chi connectivity index (χ4v) is 5.15. The van der Waals surface area contributed by atoms with E-state index in [-0.39, 0.29) is 0 Å². The standard InChI is InChI=1S/C25H52/c1-14-17(5)19(7)21(9)23(11)25(13,15-2)24(12)22(10)20(8)18(6)16(3)4/h16-24H,14-15H2,1-13H3. The van der Waals surface area contributed by atoms with E-state index in [1.165, 1.54) is 12.8 Å². The van der Waals surface area contributed by atoms with Crippen LogP contribution in [-0.4, -0.2) is 0 Å². The Labute approximate surface area is 161 Å². The molecule has 0 amide bonds. The molecule has 9 unspecified atom stereocenters. The third-order valence-electron chi connectivity index (χ3n) is 9.50. The predicted molar refractivity (Wildman–Crippen MR) is 117 cm³/mol. The molecule has 0 heterocycles.